The van der Waals surface area contributed by atoms with Crippen LogP contribution in [0.2, 0.25) is 0 Å². The smallest absolute Gasteiger partial charge is 0.266 e. The second-order valence-corrected chi connectivity index (χ2v) is 4.83. The average Bonchev–Trinajstić information content (AvgIpc) is 2.15. The van der Waals surface area contributed by atoms with E-state index in [1.807, 2.05) is 0 Å². The van der Waals surface area contributed by atoms with Gasteiger partial charge in [-0.1, -0.05) is 0 Å². The molecule has 0 fully saturated rings. The van der Waals surface area contributed by atoms with Crippen LogP contribution < -0.4 is 9.47 Å². The number of rotatable bonds is 3. The predicted octanol–water partition coefficient (Wildman–Crippen LogP) is 1.03. The van der Waals surface area contributed by atoms with Gasteiger partial charge in [-0.15, -0.1) is 0 Å². The van der Waals surface area contributed by atoms with Crippen LogP contribution in [0.25, 0.3) is 0 Å². The van der Waals surface area contributed by atoms with Crippen LogP contribution in [0.5, 0.6) is 11.8 Å². The third kappa shape index (κ3) is 2.27. The molecule has 0 aliphatic heterocycles. The number of nitrogens with zero attached hydrogens (tertiary/aromatic N) is 1. The summed E-state index contributed by atoms with van der Waals surface area (Å²) in [5.41, 5.74) is 0. The molecule has 0 N–H and O–H groups in total. The molecule has 7 heteroatoms. The highest BCUT2D eigenvalue weighted by molar-refractivity contribution is 8.13. The summed E-state index contributed by atoms with van der Waals surface area (Å²) >= 11 is 0. The third-order valence-electron chi connectivity index (χ3n) is 1.46. The molecule has 14 heavy (non-hydrogen) atoms. The Kier molecular flexibility index (Phi) is 3.17. The summed E-state index contributed by atoms with van der Waals surface area (Å²) in [7, 11) is 4.02. The van der Waals surface area contributed by atoms with Crippen LogP contribution in [-0.2, 0) is 9.05 Å². The van der Waals surface area contributed by atoms with Crippen LogP contribution in [0.4, 0.5) is 0 Å². The quantitative estimate of drug-likeness (QED) is 0.735. The fourth-order valence-corrected chi connectivity index (χ4v) is 1.78. The Morgan fingerprint density at radius 2 is 1.93 bits per heavy atom. The van der Waals surface area contributed by atoms with Gasteiger partial charge in [0.05, 0.1) is 14.2 Å². The first-order valence-electron chi connectivity index (χ1n) is 3.52. The number of methoxy groups -OCH3 is 2. The van der Waals surface area contributed by atoms with E-state index in [-0.39, 0.29) is 16.7 Å². The zero-order valence-electron chi connectivity index (χ0n) is 7.52. The van der Waals surface area contributed by atoms with Crippen molar-refractivity contribution in [2.45, 2.75) is 4.90 Å². The summed E-state index contributed by atoms with van der Waals surface area (Å²) in [6, 6.07) is 2.66. The molecule has 0 saturated heterocycles. The Morgan fingerprint density at radius 3 is 2.36 bits per heavy atom. The van der Waals surface area contributed by atoms with Gasteiger partial charge in [0.15, 0.2) is 0 Å². The lowest BCUT2D eigenvalue weighted by molar-refractivity contribution is 0.356. The van der Waals surface area contributed by atoms with Gasteiger partial charge in [-0.2, -0.15) is 4.98 Å². The molecule has 0 unspecified atom stereocenters. The molecule has 78 valence electrons. The fraction of sp³-hybridized carbons (Fsp3) is 0.286. The first-order chi connectivity index (χ1) is 6.49. The summed E-state index contributed by atoms with van der Waals surface area (Å²) in [6.45, 7) is 0. The van der Waals surface area contributed by atoms with E-state index in [9.17, 15) is 8.42 Å². The molecule has 0 spiro atoms. The maximum absolute atomic E-state index is 11.0. The van der Waals surface area contributed by atoms with E-state index in [2.05, 4.69) is 4.98 Å². The van der Waals surface area contributed by atoms with Crippen molar-refractivity contribution in [2.24, 2.45) is 0 Å². The lowest BCUT2D eigenvalue weighted by atomic mass is 10.5. The van der Waals surface area contributed by atoms with Crippen LogP contribution in [0.15, 0.2) is 17.0 Å². The summed E-state index contributed by atoms with van der Waals surface area (Å²) in [4.78, 5) is 3.59. The third-order valence-corrected chi connectivity index (χ3v) is 2.80. The second-order valence-electron chi connectivity index (χ2n) is 2.30. The number of hydrogen-bond donors (Lipinski definition) is 0. The zero-order chi connectivity index (χ0) is 10.8. The Morgan fingerprint density at radius 1 is 1.29 bits per heavy atom. The maximum atomic E-state index is 11.0. The fourth-order valence-electron chi connectivity index (χ4n) is 0.856. The van der Waals surface area contributed by atoms with Gasteiger partial charge in [-0.3, -0.25) is 0 Å². The largest absolute Gasteiger partial charge is 0.481 e. The number of ether oxygens (including phenoxy) is 2. The SMILES string of the molecule is COc1ccc(S(=O)(=O)Cl)c(OC)n1. The molecule has 0 aliphatic carbocycles. The first-order valence-corrected chi connectivity index (χ1v) is 5.83. The van der Waals surface area contributed by atoms with Crippen LogP contribution in [0.3, 0.4) is 0 Å². The van der Waals surface area contributed by atoms with Crippen molar-refractivity contribution in [3.05, 3.63) is 12.1 Å². The average molecular weight is 238 g/mol. The summed E-state index contributed by atoms with van der Waals surface area (Å²) in [5.74, 6) is 0.172. The number of halogens is 1. The van der Waals surface area contributed by atoms with E-state index >= 15 is 0 Å². The molecular formula is C7H8ClNO4S. The van der Waals surface area contributed by atoms with Gasteiger partial charge in [0, 0.05) is 16.7 Å². The number of pyridine rings is 1. The van der Waals surface area contributed by atoms with Crippen LogP contribution in [-0.4, -0.2) is 27.6 Å². The van der Waals surface area contributed by atoms with Crippen molar-refractivity contribution >= 4 is 19.7 Å². The minimum Gasteiger partial charge on any atom is -0.481 e. The zero-order valence-corrected chi connectivity index (χ0v) is 9.09. The van der Waals surface area contributed by atoms with Gasteiger partial charge < -0.3 is 9.47 Å². The molecule has 0 saturated carbocycles. The Bertz CT molecular complexity index is 431. The van der Waals surface area contributed by atoms with Crippen molar-refractivity contribution in [2.75, 3.05) is 14.2 Å². The molecule has 1 rings (SSSR count). The van der Waals surface area contributed by atoms with Crippen molar-refractivity contribution in [1.82, 2.24) is 4.98 Å². The van der Waals surface area contributed by atoms with Gasteiger partial charge in [0.2, 0.25) is 11.8 Å². The second kappa shape index (κ2) is 4.02. The minimum absolute atomic E-state index is 0.0839. The highest BCUT2D eigenvalue weighted by atomic mass is 35.7. The van der Waals surface area contributed by atoms with Gasteiger partial charge in [-0.05, 0) is 6.07 Å². The topological polar surface area (TPSA) is 65.5 Å². The number of hydrogen-bond acceptors (Lipinski definition) is 5. The standard InChI is InChI=1S/C7H8ClNO4S/c1-12-6-4-3-5(14(8,10)11)7(9-6)13-2/h3-4H,1-2H3. The van der Waals surface area contributed by atoms with Crippen LogP contribution in [0.1, 0.15) is 0 Å². The molecule has 0 atom stereocenters. The van der Waals surface area contributed by atoms with Gasteiger partial charge in [0.1, 0.15) is 4.90 Å². The molecule has 0 amide bonds. The van der Waals surface area contributed by atoms with E-state index in [4.69, 9.17) is 20.2 Å². The van der Waals surface area contributed by atoms with Crippen molar-refractivity contribution in [3.63, 3.8) is 0 Å². The van der Waals surface area contributed by atoms with Crippen LogP contribution >= 0.6 is 10.7 Å². The lowest BCUT2D eigenvalue weighted by Crippen LogP contribution is -1.99. The monoisotopic (exact) mass is 237 g/mol. The lowest BCUT2D eigenvalue weighted by Gasteiger charge is -2.05. The van der Waals surface area contributed by atoms with E-state index in [0.29, 0.717) is 0 Å². The maximum Gasteiger partial charge on any atom is 0.266 e. The molecule has 1 aromatic rings. The van der Waals surface area contributed by atoms with E-state index < -0.39 is 9.05 Å². The Balaban J connectivity index is 3.33. The van der Waals surface area contributed by atoms with Crippen LogP contribution in [0, 0.1) is 0 Å². The first kappa shape index (κ1) is 11.1. The normalized spacial score (nSPS) is 11.1. The van der Waals surface area contributed by atoms with Gasteiger partial charge in [0.25, 0.3) is 9.05 Å². The van der Waals surface area contributed by atoms with Gasteiger partial charge in [-0.25, -0.2) is 8.42 Å². The molecule has 1 heterocycles. The summed E-state index contributed by atoms with van der Waals surface area (Å²) in [6.07, 6.45) is 0. The highest BCUT2D eigenvalue weighted by Crippen LogP contribution is 2.26. The molecule has 1 aromatic heterocycles. The molecule has 0 radical (unpaired) electrons. The molecular weight excluding hydrogens is 230 g/mol. The molecule has 0 aliphatic rings. The Hall–Kier alpha value is -1.01. The van der Waals surface area contributed by atoms with Crippen molar-refractivity contribution in [3.8, 4) is 11.8 Å². The van der Waals surface area contributed by atoms with Crippen molar-refractivity contribution in [1.29, 1.82) is 0 Å². The summed E-state index contributed by atoms with van der Waals surface area (Å²) in [5, 5.41) is 0. The molecule has 0 aromatic carbocycles. The molecule has 0 bridgehead atoms. The van der Waals surface area contributed by atoms with E-state index in [1.54, 1.807) is 0 Å². The minimum atomic E-state index is -3.84. The Labute approximate surface area is 86.0 Å². The highest BCUT2D eigenvalue weighted by Gasteiger charge is 2.18. The number of aromatic nitrogens is 1. The predicted molar refractivity (Wildman–Crippen MR) is 50.4 cm³/mol. The van der Waals surface area contributed by atoms with E-state index in [0.717, 1.165) is 0 Å². The summed E-state index contributed by atoms with van der Waals surface area (Å²) < 4.78 is 31.6. The molecule has 5 nitrogen and oxygen atoms in total. The van der Waals surface area contributed by atoms with Gasteiger partial charge >= 0.3 is 0 Å². The van der Waals surface area contributed by atoms with Crippen molar-refractivity contribution < 1.29 is 17.9 Å². The van der Waals surface area contributed by atoms with E-state index in [1.165, 1.54) is 26.4 Å².